The van der Waals surface area contributed by atoms with Gasteiger partial charge in [-0.2, -0.15) is 8.42 Å². The van der Waals surface area contributed by atoms with E-state index in [4.69, 9.17) is 13.7 Å². The highest BCUT2D eigenvalue weighted by atomic mass is 32.2. The van der Waals surface area contributed by atoms with Gasteiger partial charge in [0.2, 0.25) is 0 Å². The number of amides is 1. The maximum Gasteiger partial charge on any atom is 0.339 e. The van der Waals surface area contributed by atoms with E-state index < -0.39 is 32.6 Å². The minimum atomic E-state index is -4.40. The van der Waals surface area contributed by atoms with Crippen LogP contribution in [-0.2, 0) is 21.4 Å². The number of benzene rings is 3. The molecular formula is C26H25F2NO6S. The molecule has 1 heterocycles. The van der Waals surface area contributed by atoms with Crippen LogP contribution in [0.2, 0.25) is 0 Å². The largest absolute Gasteiger partial charge is 0.494 e. The third kappa shape index (κ3) is 5.83. The van der Waals surface area contributed by atoms with E-state index >= 15 is 0 Å². The van der Waals surface area contributed by atoms with Gasteiger partial charge in [-0.15, -0.1) is 0 Å². The average molecular weight is 518 g/mol. The molecule has 0 aliphatic carbocycles. The Balaban J connectivity index is 1.62. The van der Waals surface area contributed by atoms with E-state index in [1.165, 1.54) is 48.4 Å². The van der Waals surface area contributed by atoms with Gasteiger partial charge in [0, 0.05) is 25.3 Å². The van der Waals surface area contributed by atoms with E-state index in [9.17, 15) is 22.0 Å². The topological polar surface area (TPSA) is 82.1 Å². The molecular weight excluding hydrogens is 492 g/mol. The molecule has 1 atom stereocenters. The first-order chi connectivity index (χ1) is 17.3. The highest BCUT2D eigenvalue weighted by molar-refractivity contribution is 7.87. The smallest absolute Gasteiger partial charge is 0.339 e. The van der Waals surface area contributed by atoms with Gasteiger partial charge in [0.1, 0.15) is 16.5 Å². The van der Waals surface area contributed by atoms with Crippen LogP contribution in [0.3, 0.4) is 0 Å². The molecule has 0 aromatic heterocycles. The Morgan fingerprint density at radius 1 is 1.03 bits per heavy atom. The van der Waals surface area contributed by atoms with Crippen molar-refractivity contribution in [2.24, 2.45) is 0 Å². The van der Waals surface area contributed by atoms with E-state index in [-0.39, 0.29) is 36.3 Å². The fourth-order valence-corrected chi connectivity index (χ4v) is 4.93. The number of halogens is 2. The van der Waals surface area contributed by atoms with Crippen LogP contribution >= 0.6 is 0 Å². The van der Waals surface area contributed by atoms with Crippen LogP contribution < -0.4 is 8.92 Å². The van der Waals surface area contributed by atoms with Gasteiger partial charge >= 0.3 is 10.1 Å². The second-order valence-corrected chi connectivity index (χ2v) is 9.79. The third-order valence-corrected chi connectivity index (χ3v) is 7.01. The molecule has 190 valence electrons. The molecule has 0 N–H and O–H groups in total. The summed E-state index contributed by atoms with van der Waals surface area (Å²) in [4.78, 5) is 14.3. The first kappa shape index (κ1) is 25.6. The second-order valence-electron chi connectivity index (χ2n) is 8.24. The third-order valence-electron chi connectivity index (χ3n) is 5.78. The van der Waals surface area contributed by atoms with Gasteiger partial charge in [0.25, 0.3) is 5.91 Å². The molecule has 7 nitrogen and oxygen atoms in total. The molecule has 1 fully saturated rings. The average Bonchev–Trinajstić information content (AvgIpc) is 3.37. The molecule has 36 heavy (non-hydrogen) atoms. The lowest BCUT2D eigenvalue weighted by atomic mass is 10.1. The van der Waals surface area contributed by atoms with E-state index in [2.05, 4.69) is 0 Å². The van der Waals surface area contributed by atoms with Gasteiger partial charge in [-0.05, 0) is 49.2 Å². The van der Waals surface area contributed by atoms with Crippen molar-refractivity contribution < 1.29 is 35.6 Å². The molecule has 4 rings (SSSR count). The lowest BCUT2D eigenvalue weighted by Gasteiger charge is -2.26. The molecule has 3 aromatic rings. The normalized spacial score (nSPS) is 15.5. The minimum absolute atomic E-state index is 0.0348. The molecule has 1 unspecified atom stereocenters. The Morgan fingerprint density at radius 2 is 1.78 bits per heavy atom. The molecule has 1 saturated heterocycles. The van der Waals surface area contributed by atoms with Crippen LogP contribution in [0.15, 0.2) is 71.6 Å². The molecule has 1 amide bonds. The number of rotatable bonds is 9. The summed E-state index contributed by atoms with van der Waals surface area (Å²) in [5.74, 6) is -2.21. The molecule has 10 heteroatoms. The number of methoxy groups -OCH3 is 1. The van der Waals surface area contributed by atoms with Gasteiger partial charge in [-0.25, -0.2) is 8.78 Å². The van der Waals surface area contributed by atoms with Crippen molar-refractivity contribution in [2.45, 2.75) is 30.4 Å². The van der Waals surface area contributed by atoms with Crippen LogP contribution in [0.25, 0.3) is 0 Å². The van der Waals surface area contributed by atoms with Gasteiger partial charge in [0.05, 0.1) is 18.8 Å². The fraction of sp³-hybridized carbons (Fsp3) is 0.269. The Hall–Kier alpha value is -3.50. The predicted molar refractivity (Wildman–Crippen MR) is 127 cm³/mol. The van der Waals surface area contributed by atoms with Crippen molar-refractivity contribution in [1.82, 2.24) is 4.90 Å². The zero-order valence-corrected chi connectivity index (χ0v) is 20.3. The predicted octanol–water partition coefficient (Wildman–Crippen LogP) is 4.56. The highest BCUT2D eigenvalue weighted by Gasteiger charge is 2.27. The number of carbonyl (C=O) groups excluding carboxylic acids is 1. The summed E-state index contributed by atoms with van der Waals surface area (Å²) in [6.45, 7) is 0.705. The summed E-state index contributed by atoms with van der Waals surface area (Å²) in [6.07, 6.45) is 1.37. The Morgan fingerprint density at radius 3 is 2.47 bits per heavy atom. The summed E-state index contributed by atoms with van der Waals surface area (Å²) in [7, 11) is -3.14. The lowest BCUT2D eigenvalue weighted by molar-refractivity contribution is 0.0503. The van der Waals surface area contributed by atoms with E-state index in [0.29, 0.717) is 12.2 Å². The van der Waals surface area contributed by atoms with Crippen LogP contribution in [0.1, 0.15) is 28.8 Å². The molecule has 1 aliphatic heterocycles. The van der Waals surface area contributed by atoms with E-state index in [1.54, 1.807) is 24.3 Å². The van der Waals surface area contributed by atoms with Crippen molar-refractivity contribution in [3.63, 3.8) is 0 Å². The molecule has 3 aromatic carbocycles. The van der Waals surface area contributed by atoms with Gasteiger partial charge in [0.15, 0.2) is 11.6 Å². The SMILES string of the molecule is COc1ccc(S(=O)(=O)Oc2ccccc2CN(CC2CCCO2)C(=O)c2ccccc2F)cc1F. The number of hydrogen-bond donors (Lipinski definition) is 0. The van der Waals surface area contributed by atoms with Crippen LogP contribution in [0.4, 0.5) is 8.78 Å². The van der Waals surface area contributed by atoms with Crippen molar-refractivity contribution >= 4 is 16.0 Å². The monoisotopic (exact) mass is 517 g/mol. The van der Waals surface area contributed by atoms with Crippen LogP contribution in [0.5, 0.6) is 11.5 Å². The maximum atomic E-state index is 14.4. The zero-order chi connectivity index (χ0) is 25.7. The second kappa shape index (κ2) is 11.0. The first-order valence-corrected chi connectivity index (χ1v) is 12.7. The molecule has 1 aliphatic rings. The Kier molecular flexibility index (Phi) is 7.85. The number of hydrogen-bond acceptors (Lipinski definition) is 6. The minimum Gasteiger partial charge on any atom is -0.494 e. The molecule has 0 saturated carbocycles. The summed E-state index contributed by atoms with van der Waals surface area (Å²) in [5, 5.41) is 0. The summed E-state index contributed by atoms with van der Waals surface area (Å²) >= 11 is 0. The zero-order valence-electron chi connectivity index (χ0n) is 19.5. The van der Waals surface area contributed by atoms with E-state index in [0.717, 1.165) is 18.9 Å². The van der Waals surface area contributed by atoms with E-state index in [1.807, 2.05) is 0 Å². The van der Waals surface area contributed by atoms with Gasteiger partial charge < -0.3 is 18.6 Å². The van der Waals surface area contributed by atoms with Crippen molar-refractivity contribution in [3.8, 4) is 11.5 Å². The van der Waals surface area contributed by atoms with Crippen LogP contribution in [-0.4, -0.2) is 45.6 Å². The number of para-hydroxylation sites is 1. The number of carbonyl (C=O) groups is 1. The Bertz CT molecular complexity index is 1340. The summed E-state index contributed by atoms with van der Waals surface area (Å²) < 4.78 is 70.2. The van der Waals surface area contributed by atoms with Crippen molar-refractivity contribution in [2.75, 3.05) is 20.3 Å². The summed E-state index contributed by atoms with van der Waals surface area (Å²) in [6, 6.07) is 15.1. The lowest BCUT2D eigenvalue weighted by Crippen LogP contribution is -2.37. The Labute approximate surface area is 208 Å². The van der Waals surface area contributed by atoms with Crippen LogP contribution in [0, 0.1) is 11.6 Å². The van der Waals surface area contributed by atoms with Crippen molar-refractivity contribution in [3.05, 3.63) is 89.5 Å². The number of nitrogens with zero attached hydrogens (tertiary/aromatic N) is 1. The summed E-state index contributed by atoms with van der Waals surface area (Å²) in [5.41, 5.74) is 0.271. The molecule has 0 radical (unpaired) electrons. The highest BCUT2D eigenvalue weighted by Crippen LogP contribution is 2.28. The number of ether oxygens (including phenoxy) is 2. The maximum absolute atomic E-state index is 14.4. The van der Waals surface area contributed by atoms with Gasteiger partial charge in [-0.1, -0.05) is 30.3 Å². The first-order valence-electron chi connectivity index (χ1n) is 11.3. The molecule has 0 spiro atoms. The fourth-order valence-electron chi connectivity index (χ4n) is 3.95. The van der Waals surface area contributed by atoms with Crippen molar-refractivity contribution in [1.29, 1.82) is 0 Å². The standard InChI is InChI=1S/C26H25F2NO6S/c1-33-25-13-12-20(15-23(25)28)36(31,32)35-24-11-5-2-7-18(24)16-29(17-19-8-6-14-34-19)26(30)21-9-3-4-10-22(21)27/h2-5,7,9-13,15,19H,6,8,14,16-17H2,1H3. The quantitative estimate of drug-likeness (QED) is 0.387. The molecule has 0 bridgehead atoms. The van der Waals surface area contributed by atoms with Gasteiger partial charge in [-0.3, -0.25) is 4.79 Å².